The van der Waals surface area contributed by atoms with E-state index in [0.717, 1.165) is 44.1 Å². The molecule has 0 spiro atoms. The Morgan fingerprint density at radius 3 is 2.80 bits per heavy atom. The molecule has 2 fully saturated rings. The second kappa shape index (κ2) is 6.99. The van der Waals surface area contributed by atoms with Gasteiger partial charge in [0, 0.05) is 36.9 Å². The largest absolute Gasteiger partial charge is 0.316 e. The molecule has 6 heteroatoms. The first-order chi connectivity index (χ1) is 9.53. The van der Waals surface area contributed by atoms with Gasteiger partial charge in [0.15, 0.2) is 9.84 Å². The van der Waals surface area contributed by atoms with E-state index < -0.39 is 9.84 Å². The highest BCUT2D eigenvalue weighted by Crippen LogP contribution is 2.33. The van der Waals surface area contributed by atoms with Crippen LogP contribution in [0.4, 0.5) is 0 Å². The Labute approximate surface area is 128 Å². The molecular weight excluding hydrogens is 292 g/mol. The van der Waals surface area contributed by atoms with Crippen LogP contribution in [0.3, 0.4) is 0 Å². The molecular formula is C14H28N2O2S2. The quantitative estimate of drug-likeness (QED) is 0.833. The van der Waals surface area contributed by atoms with E-state index in [0.29, 0.717) is 0 Å². The maximum Gasteiger partial charge on any atom is 0.166 e. The standard InChI is InChI=1S/C14H28N2O2S2/c1-3-14(6-5-7-15-11-14)12-16-8-9-19-10-13(16)20(17,18)4-2/h13,15H,3-12H2,1-2H3. The predicted molar refractivity (Wildman–Crippen MR) is 87.0 cm³/mol. The fourth-order valence-corrected chi connectivity index (χ4v) is 6.41. The number of rotatable bonds is 5. The third-order valence-electron chi connectivity index (χ3n) is 4.86. The van der Waals surface area contributed by atoms with Gasteiger partial charge in [0.2, 0.25) is 0 Å². The number of nitrogens with one attached hydrogen (secondary N) is 1. The van der Waals surface area contributed by atoms with Crippen LogP contribution in [0.15, 0.2) is 0 Å². The smallest absolute Gasteiger partial charge is 0.166 e. The lowest BCUT2D eigenvalue weighted by molar-refractivity contribution is 0.109. The van der Waals surface area contributed by atoms with Crippen LogP contribution in [-0.4, -0.2) is 62.1 Å². The third kappa shape index (κ3) is 3.70. The van der Waals surface area contributed by atoms with E-state index >= 15 is 0 Å². The monoisotopic (exact) mass is 320 g/mol. The van der Waals surface area contributed by atoms with Crippen molar-refractivity contribution in [2.24, 2.45) is 5.41 Å². The summed E-state index contributed by atoms with van der Waals surface area (Å²) in [5.74, 6) is 2.05. The molecule has 2 heterocycles. The summed E-state index contributed by atoms with van der Waals surface area (Å²) in [4.78, 5) is 2.26. The van der Waals surface area contributed by atoms with E-state index in [9.17, 15) is 8.42 Å². The average molecular weight is 321 g/mol. The van der Waals surface area contributed by atoms with Gasteiger partial charge in [0.05, 0.1) is 0 Å². The minimum Gasteiger partial charge on any atom is -0.316 e. The lowest BCUT2D eigenvalue weighted by Crippen LogP contribution is -2.54. The van der Waals surface area contributed by atoms with E-state index in [-0.39, 0.29) is 16.5 Å². The number of sulfone groups is 1. The SMILES string of the molecule is CCC1(CN2CCSCC2S(=O)(=O)CC)CCCNC1. The van der Waals surface area contributed by atoms with Gasteiger partial charge in [-0.1, -0.05) is 13.8 Å². The number of nitrogens with zero attached hydrogens (tertiary/aromatic N) is 1. The Hall–Kier alpha value is 0.220. The Morgan fingerprint density at radius 2 is 2.20 bits per heavy atom. The molecule has 4 nitrogen and oxygen atoms in total. The molecule has 0 aromatic rings. The maximum absolute atomic E-state index is 12.3. The summed E-state index contributed by atoms with van der Waals surface area (Å²) < 4.78 is 24.7. The topological polar surface area (TPSA) is 49.4 Å². The lowest BCUT2D eigenvalue weighted by atomic mass is 9.78. The van der Waals surface area contributed by atoms with Gasteiger partial charge in [0.1, 0.15) is 5.37 Å². The first-order valence-electron chi connectivity index (χ1n) is 7.77. The van der Waals surface area contributed by atoms with E-state index in [1.807, 2.05) is 0 Å². The van der Waals surface area contributed by atoms with Crippen molar-refractivity contribution >= 4 is 21.6 Å². The van der Waals surface area contributed by atoms with Crippen molar-refractivity contribution in [3.8, 4) is 0 Å². The van der Waals surface area contributed by atoms with Crippen molar-refractivity contribution in [3.63, 3.8) is 0 Å². The molecule has 0 aromatic heterocycles. The van der Waals surface area contributed by atoms with E-state index in [2.05, 4.69) is 17.1 Å². The van der Waals surface area contributed by atoms with Crippen molar-refractivity contribution in [1.29, 1.82) is 0 Å². The Balaban J connectivity index is 2.11. The van der Waals surface area contributed by atoms with Crippen LogP contribution >= 0.6 is 11.8 Å². The van der Waals surface area contributed by atoms with Crippen molar-refractivity contribution in [2.75, 3.05) is 43.4 Å². The van der Waals surface area contributed by atoms with Crippen molar-refractivity contribution in [1.82, 2.24) is 10.2 Å². The van der Waals surface area contributed by atoms with Gasteiger partial charge in [-0.25, -0.2) is 8.42 Å². The molecule has 0 radical (unpaired) electrons. The summed E-state index contributed by atoms with van der Waals surface area (Å²) in [7, 11) is -2.97. The number of hydrogen-bond donors (Lipinski definition) is 1. The summed E-state index contributed by atoms with van der Waals surface area (Å²) in [5.41, 5.74) is 0.266. The Bertz CT molecular complexity index is 405. The fraction of sp³-hybridized carbons (Fsp3) is 1.00. The van der Waals surface area contributed by atoms with E-state index in [1.54, 1.807) is 18.7 Å². The maximum atomic E-state index is 12.3. The zero-order valence-corrected chi connectivity index (χ0v) is 14.4. The molecule has 20 heavy (non-hydrogen) atoms. The summed E-state index contributed by atoms with van der Waals surface area (Å²) in [6.45, 7) is 8.00. The van der Waals surface area contributed by atoms with Crippen molar-refractivity contribution in [3.05, 3.63) is 0 Å². The highest BCUT2D eigenvalue weighted by Gasteiger charge is 2.39. The highest BCUT2D eigenvalue weighted by atomic mass is 32.2. The van der Waals surface area contributed by atoms with Crippen LogP contribution in [0.2, 0.25) is 0 Å². The van der Waals surface area contributed by atoms with Crippen molar-refractivity contribution < 1.29 is 8.42 Å². The van der Waals surface area contributed by atoms with Gasteiger partial charge < -0.3 is 5.32 Å². The molecule has 2 atom stereocenters. The lowest BCUT2D eigenvalue weighted by Gasteiger charge is -2.44. The first-order valence-corrected chi connectivity index (χ1v) is 10.6. The van der Waals surface area contributed by atoms with Crippen LogP contribution in [0.1, 0.15) is 33.1 Å². The average Bonchev–Trinajstić information content (AvgIpc) is 2.48. The molecule has 0 aromatic carbocycles. The van der Waals surface area contributed by atoms with Gasteiger partial charge in [0.25, 0.3) is 0 Å². The number of thioether (sulfide) groups is 1. The third-order valence-corrected chi connectivity index (χ3v) is 8.19. The number of hydrogen-bond acceptors (Lipinski definition) is 5. The Kier molecular flexibility index (Phi) is 5.79. The minimum absolute atomic E-state index is 0.256. The van der Waals surface area contributed by atoms with Gasteiger partial charge in [-0.15, -0.1) is 0 Å². The Morgan fingerprint density at radius 1 is 1.40 bits per heavy atom. The molecule has 2 unspecified atom stereocenters. The van der Waals surface area contributed by atoms with Crippen LogP contribution in [0.25, 0.3) is 0 Å². The predicted octanol–water partition coefficient (Wildman–Crippen LogP) is 1.58. The van der Waals surface area contributed by atoms with E-state index in [1.165, 1.54) is 12.8 Å². The fourth-order valence-electron chi connectivity index (χ4n) is 3.33. The molecule has 0 amide bonds. The molecule has 0 bridgehead atoms. The van der Waals surface area contributed by atoms with Crippen LogP contribution in [0, 0.1) is 5.41 Å². The molecule has 2 aliphatic rings. The molecule has 0 aliphatic carbocycles. The van der Waals surface area contributed by atoms with Gasteiger partial charge in [-0.3, -0.25) is 4.90 Å². The molecule has 2 rings (SSSR count). The summed E-state index contributed by atoms with van der Waals surface area (Å²) in [5, 5.41) is 3.24. The molecule has 2 saturated heterocycles. The molecule has 118 valence electrons. The summed E-state index contributed by atoms with van der Waals surface area (Å²) in [6.07, 6.45) is 3.56. The van der Waals surface area contributed by atoms with Gasteiger partial charge in [-0.2, -0.15) is 11.8 Å². The first kappa shape index (κ1) is 16.6. The number of piperidine rings is 1. The zero-order valence-electron chi connectivity index (χ0n) is 12.7. The van der Waals surface area contributed by atoms with Crippen LogP contribution < -0.4 is 5.32 Å². The normalized spacial score (nSPS) is 33.2. The highest BCUT2D eigenvalue weighted by molar-refractivity contribution is 8.01. The minimum atomic E-state index is -2.97. The summed E-state index contributed by atoms with van der Waals surface area (Å²) in [6, 6.07) is 0. The van der Waals surface area contributed by atoms with Crippen LogP contribution in [0.5, 0.6) is 0 Å². The zero-order chi connectivity index (χ0) is 14.6. The molecule has 2 aliphatic heterocycles. The van der Waals surface area contributed by atoms with Gasteiger partial charge >= 0.3 is 0 Å². The second-order valence-corrected chi connectivity index (χ2v) is 9.68. The summed E-state index contributed by atoms with van der Waals surface area (Å²) >= 11 is 1.78. The van der Waals surface area contributed by atoms with Crippen LogP contribution in [-0.2, 0) is 9.84 Å². The van der Waals surface area contributed by atoms with E-state index in [4.69, 9.17) is 0 Å². The van der Waals surface area contributed by atoms with Gasteiger partial charge in [-0.05, 0) is 31.2 Å². The molecule has 1 N–H and O–H groups in total. The molecule has 0 saturated carbocycles. The van der Waals surface area contributed by atoms with Crippen molar-refractivity contribution in [2.45, 2.75) is 38.5 Å². The second-order valence-electron chi connectivity index (χ2n) is 6.09.